The summed E-state index contributed by atoms with van der Waals surface area (Å²) in [6.07, 6.45) is 3.35. The molecule has 3 heteroatoms. The first-order valence-corrected chi connectivity index (χ1v) is 6.42. The highest BCUT2D eigenvalue weighted by Crippen LogP contribution is 2.12. The Bertz CT molecular complexity index is 355. The van der Waals surface area contributed by atoms with E-state index in [4.69, 9.17) is 4.74 Å². The van der Waals surface area contributed by atoms with Gasteiger partial charge in [0, 0.05) is 6.54 Å². The quantitative estimate of drug-likeness (QED) is 0.805. The SMILES string of the molecule is CCN(CC)CC(O)/C=C/c1ccc(OC)cc1. The van der Waals surface area contributed by atoms with E-state index in [0.29, 0.717) is 6.54 Å². The number of aliphatic hydroxyl groups is 1. The summed E-state index contributed by atoms with van der Waals surface area (Å²) in [5, 5.41) is 9.89. The molecule has 1 N–H and O–H groups in total. The summed E-state index contributed by atoms with van der Waals surface area (Å²) in [6, 6.07) is 7.77. The van der Waals surface area contributed by atoms with Crippen LogP contribution in [0, 0.1) is 0 Å². The fourth-order valence-electron chi connectivity index (χ4n) is 1.74. The highest BCUT2D eigenvalue weighted by molar-refractivity contribution is 5.51. The summed E-state index contributed by atoms with van der Waals surface area (Å²) in [4.78, 5) is 2.20. The smallest absolute Gasteiger partial charge is 0.118 e. The van der Waals surface area contributed by atoms with E-state index in [1.54, 1.807) is 7.11 Å². The van der Waals surface area contributed by atoms with Crippen LogP contribution in [0.1, 0.15) is 19.4 Å². The molecule has 1 unspecified atom stereocenters. The second kappa shape index (κ2) is 7.90. The Morgan fingerprint density at radius 2 is 1.83 bits per heavy atom. The summed E-state index contributed by atoms with van der Waals surface area (Å²) in [5.41, 5.74) is 1.06. The molecular weight excluding hydrogens is 226 g/mol. The van der Waals surface area contributed by atoms with Gasteiger partial charge in [0.25, 0.3) is 0 Å². The lowest BCUT2D eigenvalue weighted by atomic mass is 10.2. The zero-order valence-electron chi connectivity index (χ0n) is 11.5. The van der Waals surface area contributed by atoms with Gasteiger partial charge in [-0.2, -0.15) is 0 Å². The normalized spacial score (nSPS) is 13.2. The number of methoxy groups -OCH3 is 1. The Hall–Kier alpha value is -1.32. The van der Waals surface area contributed by atoms with E-state index in [-0.39, 0.29) is 0 Å². The number of benzene rings is 1. The van der Waals surface area contributed by atoms with Gasteiger partial charge in [-0.3, -0.25) is 0 Å². The average molecular weight is 249 g/mol. The van der Waals surface area contributed by atoms with Crippen LogP contribution in [0.15, 0.2) is 30.3 Å². The predicted octanol–water partition coefficient (Wildman–Crippen LogP) is 2.41. The zero-order valence-corrected chi connectivity index (χ0v) is 11.5. The number of ether oxygens (including phenoxy) is 1. The molecule has 100 valence electrons. The Balaban J connectivity index is 2.51. The van der Waals surface area contributed by atoms with Crippen molar-refractivity contribution in [3.05, 3.63) is 35.9 Å². The van der Waals surface area contributed by atoms with E-state index >= 15 is 0 Å². The van der Waals surface area contributed by atoms with Crippen molar-refractivity contribution >= 4 is 6.08 Å². The second-order valence-electron chi connectivity index (χ2n) is 4.19. The molecule has 0 radical (unpaired) electrons. The summed E-state index contributed by atoms with van der Waals surface area (Å²) in [7, 11) is 1.65. The molecule has 0 aliphatic heterocycles. The first-order chi connectivity index (χ1) is 8.69. The second-order valence-corrected chi connectivity index (χ2v) is 4.19. The Morgan fingerprint density at radius 3 is 2.33 bits per heavy atom. The Kier molecular flexibility index (Phi) is 6.47. The molecule has 0 bridgehead atoms. The number of aliphatic hydroxyl groups excluding tert-OH is 1. The lowest BCUT2D eigenvalue weighted by molar-refractivity contribution is 0.155. The van der Waals surface area contributed by atoms with Crippen molar-refractivity contribution in [1.29, 1.82) is 0 Å². The van der Waals surface area contributed by atoms with Gasteiger partial charge in [-0.25, -0.2) is 0 Å². The van der Waals surface area contributed by atoms with Crippen molar-refractivity contribution < 1.29 is 9.84 Å². The fourth-order valence-corrected chi connectivity index (χ4v) is 1.74. The van der Waals surface area contributed by atoms with Gasteiger partial charge < -0.3 is 14.7 Å². The van der Waals surface area contributed by atoms with Gasteiger partial charge >= 0.3 is 0 Å². The van der Waals surface area contributed by atoms with Crippen molar-refractivity contribution in [3.8, 4) is 5.75 Å². The topological polar surface area (TPSA) is 32.7 Å². The van der Waals surface area contributed by atoms with Crippen molar-refractivity contribution in [2.24, 2.45) is 0 Å². The molecule has 1 rings (SSSR count). The maximum Gasteiger partial charge on any atom is 0.118 e. The van der Waals surface area contributed by atoms with E-state index in [2.05, 4.69) is 18.7 Å². The number of hydrogen-bond acceptors (Lipinski definition) is 3. The molecule has 0 spiro atoms. The van der Waals surface area contributed by atoms with Crippen LogP contribution in [0.25, 0.3) is 6.08 Å². The van der Waals surface area contributed by atoms with Crippen molar-refractivity contribution in [2.45, 2.75) is 20.0 Å². The van der Waals surface area contributed by atoms with Crippen LogP contribution in [0.5, 0.6) is 5.75 Å². The van der Waals surface area contributed by atoms with Gasteiger partial charge in [0.1, 0.15) is 5.75 Å². The van der Waals surface area contributed by atoms with Crippen LogP contribution in [0.4, 0.5) is 0 Å². The molecule has 0 amide bonds. The van der Waals surface area contributed by atoms with Crippen LogP contribution in [-0.2, 0) is 0 Å². The van der Waals surface area contributed by atoms with Crippen LogP contribution >= 0.6 is 0 Å². The van der Waals surface area contributed by atoms with Crippen LogP contribution in [0.2, 0.25) is 0 Å². The third kappa shape index (κ3) is 4.90. The molecule has 3 nitrogen and oxygen atoms in total. The van der Waals surface area contributed by atoms with E-state index in [9.17, 15) is 5.11 Å². The molecule has 0 aliphatic carbocycles. The minimum Gasteiger partial charge on any atom is -0.497 e. The minimum atomic E-state index is -0.424. The molecule has 0 saturated heterocycles. The first kappa shape index (κ1) is 14.7. The predicted molar refractivity (Wildman–Crippen MR) is 75.8 cm³/mol. The molecule has 0 fully saturated rings. The molecular formula is C15H23NO2. The Morgan fingerprint density at radius 1 is 1.22 bits per heavy atom. The fraction of sp³-hybridized carbons (Fsp3) is 0.467. The lowest BCUT2D eigenvalue weighted by Gasteiger charge is -2.19. The summed E-state index contributed by atoms with van der Waals surface area (Å²) in [5.74, 6) is 0.843. The van der Waals surface area contributed by atoms with Crippen molar-refractivity contribution in [1.82, 2.24) is 4.90 Å². The van der Waals surface area contributed by atoms with Crippen molar-refractivity contribution in [3.63, 3.8) is 0 Å². The number of likely N-dealkylation sites (N-methyl/N-ethyl adjacent to an activating group) is 1. The third-order valence-corrected chi connectivity index (χ3v) is 2.97. The largest absolute Gasteiger partial charge is 0.497 e. The molecule has 1 atom stereocenters. The van der Waals surface area contributed by atoms with Gasteiger partial charge in [0.2, 0.25) is 0 Å². The summed E-state index contributed by atoms with van der Waals surface area (Å²) in [6.45, 7) is 6.81. The highest BCUT2D eigenvalue weighted by Gasteiger charge is 2.04. The van der Waals surface area contributed by atoms with Crippen LogP contribution in [0.3, 0.4) is 0 Å². The standard InChI is InChI=1S/C15H23NO2/c1-4-16(5-2)12-14(17)9-6-13-7-10-15(18-3)11-8-13/h6-11,14,17H,4-5,12H2,1-3H3/b9-6+. The molecule has 0 saturated carbocycles. The zero-order chi connectivity index (χ0) is 13.4. The monoisotopic (exact) mass is 249 g/mol. The van der Waals surface area contributed by atoms with Crippen LogP contribution < -0.4 is 4.74 Å². The van der Waals surface area contributed by atoms with Gasteiger partial charge in [0.05, 0.1) is 13.2 Å². The van der Waals surface area contributed by atoms with E-state index in [0.717, 1.165) is 24.4 Å². The molecule has 18 heavy (non-hydrogen) atoms. The van der Waals surface area contributed by atoms with E-state index in [1.807, 2.05) is 36.4 Å². The van der Waals surface area contributed by atoms with Gasteiger partial charge in [-0.1, -0.05) is 38.1 Å². The molecule has 0 aromatic heterocycles. The average Bonchev–Trinajstić information content (AvgIpc) is 2.43. The third-order valence-electron chi connectivity index (χ3n) is 2.97. The first-order valence-electron chi connectivity index (χ1n) is 6.42. The van der Waals surface area contributed by atoms with Crippen molar-refractivity contribution in [2.75, 3.05) is 26.7 Å². The van der Waals surface area contributed by atoms with Gasteiger partial charge in [-0.15, -0.1) is 0 Å². The number of hydrogen-bond donors (Lipinski definition) is 1. The number of rotatable bonds is 7. The van der Waals surface area contributed by atoms with E-state index < -0.39 is 6.10 Å². The maximum absolute atomic E-state index is 9.89. The minimum absolute atomic E-state index is 0.424. The molecule has 0 aliphatic rings. The molecule has 0 heterocycles. The van der Waals surface area contributed by atoms with Gasteiger partial charge in [-0.05, 0) is 30.8 Å². The number of nitrogens with zero attached hydrogens (tertiary/aromatic N) is 1. The van der Waals surface area contributed by atoms with Crippen LogP contribution in [-0.4, -0.2) is 42.9 Å². The highest BCUT2D eigenvalue weighted by atomic mass is 16.5. The lowest BCUT2D eigenvalue weighted by Crippen LogP contribution is -2.31. The van der Waals surface area contributed by atoms with Gasteiger partial charge in [0.15, 0.2) is 0 Å². The summed E-state index contributed by atoms with van der Waals surface area (Å²) < 4.78 is 5.10. The molecule has 1 aromatic carbocycles. The summed E-state index contributed by atoms with van der Waals surface area (Å²) >= 11 is 0. The maximum atomic E-state index is 9.89. The molecule has 1 aromatic rings. The Labute approximate surface area is 110 Å². The van der Waals surface area contributed by atoms with E-state index in [1.165, 1.54) is 0 Å².